The monoisotopic (exact) mass is 499 g/mol. The van der Waals surface area contributed by atoms with Gasteiger partial charge in [0.1, 0.15) is 0 Å². The minimum atomic E-state index is -0.125. The molecule has 2 N–H and O–H groups in total. The number of rotatable bonds is 5. The van der Waals surface area contributed by atoms with Crippen LogP contribution in [-0.4, -0.2) is 71.9 Å². The number of ether oxygens (including phenoxy) is 2. The molecule has 6 aliphatic rings. The predicted molar refractivity (Wildman–Crippen MR) is 142 cm³/mol. The second kappa shape index (κ2) is 9.79. The lowest BCUT2D eigenvalue weighted by molar-refractivity contribution is -0.0755. The van der Waals surface area contributed by atoms with Crippen LogP contribution in [0.25, 0.3) is 0 Å². The molecular formula is C31H49NO4. The van der Waals surface area contributed by atoms with Gasteiger partial charge in [0, 0.05) is 19.1 Å². The third-order valence-corrected chi connectivity index (χ3v) is 11.4. The Morgan fingerprint density at radius 2 is 2.06 bits per heavy atom. The molecule has 0 aromatic carbocycles. The highest BCUT2D eigenvalue weighted by molar-refractivity contribution is 5.33. The Bertz CT molecular complexity index is 899. The number of fused-ring (bicyclic) bond motifs is 6. The number of aliphatic hydroxyl groups excluding tert-OH is 2. The summed E-state index contributed by atoms with van der Waals surface area (Å²) >= 11 is 0. The largest absolute Gasteiger partial charge is 0.394 e. The van der Waals surface area contributed by atoms with E-state index in [1.807, 2.05) is 0 Å². The smallest absolute Gasteiger partial charge is 0.0742 e. The van der Waals surface area contributed by atoms with Gasteiger partial charge in [-0.3, -0.25) is 4.90 Å². The predicted octanol–water partition coefficient (Wildman–Crippen LogP) is 4.87. The van der Waals surface area contributed by atoms with E-state index in [0.717, 1.165) is 62.9 Å². The Morgan fingerprint density at radius 1 is 1.19 bits per heavy atom. The molecule has 202 valence electrons. The molecule has 4 fully saturated rings. The van der Waals surface area contributed by atoms with Gasteiger partial charge in [-0.25, -0.2) is 0 Å². The van der Waals surface area contributed by atoms with Crippen molar-refractivity contribution in [2.75, 3.05) is 32.9 Å². The highest BCUT2D eigenvalue weighted by Gasteiger charge is 2.56. The molecule has 0 unspecified atom stereocenters. The summed E-state index contributed by atoms with van der Waals surface area (Å²) in [6.07, 6.45) is 14.2. The molecule has 2 aliphatic heterocycles. The van der Waals surface area contributed by atoms with Crippen LogP contribution in [0.2, 0.25) is 0 Å². The normalized spacial score (nSPS) is 46.7. The fourth-order valence-corrected chi connectivity index (χ4v) is 9.74. The summed E-state index contributed by atoms with van der Waals surface area (Å²) in [5.41, 5.74) is 5.29. The average Bonchev–Trinajstić information content (AvgIpc) is 3.36. The molecule has 2 saturated carbocycles. The van der Waals surface area contributed by atoms with Crippen molar-refractivity contribution < 1.29 is 19.7 Å². The number of aliphatic hydroxyl groups is 2. The van der Waals surface area contributed by atoms with Crippen molar-refractivity contribution in [3.05, 3.63) is 22.8 Å². The van der Waals surface area contributed by atoms with Gasteiger partial charge in [0.05, 0.1) is 37.6 Å². The quantitative estimate of drug-likeness (QED) is 0.418. The van der Waals surface area contributed by atoms with Gasteiger partial charge in [-0.2, -0.15) is 0 Å². The first-order valence-electron chi connectivity index (χ1n) is 15.0. The summed E-state index contributed by atoms with van der Waals surface area (Å²) in [5, 5.41) is 19.4. The molecule has 4 aliphatic carbocycles. The third-order valence-electron chi connectivity index (χ3n) is 11.4. The van der Waals surface area contributed by atoms with Gasteiger partial charge in [-0.05, 0) is 100 Å². The molecule has 6 rings (SSSR count). The Kier molecular flexibility index (Phi) is 6.95. The molecule has 0 radical (unpaired) electrons. The first kappa shape index (κ1) is 25.6. The first-order valence-corrected chi connectivity index (χ1v) is 15.0. The van der Waals surface area contributed by atoms with E-state index in [1.165, 1.54) is 32.1 Å². The molecule has 1 spiro atoms. The minimum absolute atomic E-state index is 0.00896. The van der Waals surface area contributed by atoms with E-state index in [0.29, 0.717) is 36.7 Å². The van der Waals surface area contributed by atoms with Crippen LogP contribution in [0, 0.1) is 29.1 Å². The van der Waals surface area contributed by atoms with Crippen LogP contribution in [0.1, 0.15) is 85.0 Å². The molecule has 0 aromatic rings. The van der Waals surface area contributed by atoms with Gasteiger partial charge >= 0.3 is 0 Å². The Morgan fingerprint density at radius 3 is 2.89 bits per heavy atom. The maximum Gasteiger partial charge on any atom is 0.0742 e. The van der Waals surface area contributed by atoms with E-state index in [4.69, 9.17) is 14.6 Å². The highest BCUT2D eigenvalue weighted by atomic mass is 16.5. The SMILES string of the molecule is CC1=C2C[C@H]3[C@@H](CC=C4C[C@@H](O)CC[C@@]43C)[C@@H]2CC[C@]2(C1)C[C@H]1[C@@H](C[C@H](C)CN1CCOCCO)O2. The summed E-state index contributed by atoms with van der Waals surface area (Å²) in [6.45, 7) is 10.6. The standard InChI is InChI=1S/C31H49NO4/c1-20-14-29-28(32(19-20)10-12-35-13-11-33)18-31(36-29)9-7-24-25-5-4-22-15-23(34)6-8-30(22,3)27(25)16-26(24)21(2)17-31/h4,20,23-25,27-29,33-34H,5-19H2,1-3H3/t20-,23-,24-,25-,27-,28-,29+,30-,31-/m0/s1. The van der Waals surface area contributed by atoms with Crippen molar-refractivity contribution in [2.45, 2.75) is 109 Å². The molecular weight excluding hydrogens is 450 g/mol. The molecule has 5 nitrogen and oxygen atoms in total. The van der Waals surface area contributed by atoms with Crippen LogP contribution < -0.4 is 0 Å². The lowest BCUT2D eigenvalue weighted by atomic mass is 9.56. The topological polar surface area (TPSA) is 62.2 Å². The van der Waals surface area contributed by atoms with Crippen molar-refractivity contribution in [3.8, 4) is 0 Å². The van der Waals surface area contributed by atoms with Gasteiger partial charge < -0.3 is 19.7 Å². The van der Waals surface area contributed by atoms with E-state index in [-0.39, 0.29) is 18.3 Å². The number of hydrogen-bond donors (Lipinski definition) is 2. The van der Waals surface area contributed by atoms with Gasteiger partial charge in [0.25, 0.3) is 0 Å². The number of allylic oxidation sites excluding steroid dienone is 2. The second-order valence-electron chi connectivity index (χ2n) is 13.7. The molecule has 2 saturated heterocycles. The van der Waals surface area contributed by atoms with Crippen LogP contribution in [0.15, 0.2) is 22.8 Å². The lowest BCUT2D eigenvalue weighted by Crippen LogP contribution is -2.49. The van der Waals surface area contributed by atoms with Crippen molar-refractivity contribution in [3.63, 3.8) is 0 Å². The van der Waals surface area contributed by atoms with Crippen LogP contribution in [0.3, 0.4) is 0 Å². The number of piperidine rings is 1. The van der Waals surface area contributed by atoms with Crippen molar-refractivity contribution >= 4 is 0 Å². The van der Waals surface area contributed by atoms with Gasteiger partial charge in [-0.1, -0.05) is 36.6 Å². The second-order valence-corrected chi connectivity index (χ2v) is 13.7. The molecule has 2 heterocycles. The fourth-order valence-electron chi connectivity index (χ4n) is 9.74. The summed E-state index contributed by atoms with van der Waals surface area (Å²) < 4.78 is 12.7. The van der Waals surface area contributed by atoms with Crippen molar-refractivity contribution in [1.29, 1.82) is 0 Å². The number of nitrogens with zero attached hydrogens (tertiary/aromatic N) is 1. The molecule has 5 heteroatoms. The summed E-state index contributed by atoms with van der Waals surface area (Å²) in [5.74, 6) is 2.92. The Hall–Kier alpha value is -0.720. The third kappa shape index (κ3) is 4.35. The van der Waals surface area contributed by atoms with E-state index in [2.05, 4.69) is 31.7 Å². The zero-order valence-corrected chi connectivity index (χ0v) is 22.9. The Labute approximate surface area is 218 Å². The van der Waals surface area contributed by atoms with Crippen LogP contribution in [0.5, 0.6) is 0 Å². The summed E-state index contributed by atoms with van der Waals surface area (Å²) in [7, 11) is 0. The molecule has 0 amide bonds. The van der Waals surface area contributed by atoms with Crippen LogP contribution in [0.4, 0.5) is 0 Å². The maximum atomic E-state index is 10.3. The van der Waals surface area contributed by atoms with Gasteiger partial charge in [0.15, 0.2) is 0 Å². The van der Waals surface area contributed by atoms with Crippen LogP contribution >= 0.6 is 0 Å². The van der Waals surface area contributed by atoms with Gasteiger partial charge in [-0.15, -0.1) is 0 Å². The van der Waals surface area contributed by atoms with Crippen molar-refractivity contribution in [2.24, 2.45) is 29.1 Å². The zero-order valence-electron chi connectivity index (χ0n) is 22.9. The minimum Gasteiger partial charge on any atom is -0.394 e. The zero-order chi connectivity index (χ0) is 25.1. The van der Waals surface area contributed by atoms with Crippen molar-refractivity contribution in [1.82, 2.24) is 4.90 Å². The fraction of sp³-hybridized carbons (Fsp3) is 0.871. The summed E-state index contributed by atoms with van der Waals surface area (Å²) in [4.78, 5) is 2.64. The molecule has 36 heavy (non-hydrogen) atoms. The molecule has 0 bridgehead atoms. The van der Waals surface area contributed by atoms with E-state index >= 15 is 0 Å². The van der Waals surface area contributed by atoms with E-state index in [9.17, 15) is 5.11 Å². The lowest BCUT2D eigenvalue weighted by Gasteiger charge is -2.49. The summed E-state index contributed by atoms with van der Waals surface area (Å²) in [6, 6.07) is 0.509. The van der Waals surface area contributed by atoms with E-state index in [1.54, 1.807) is 16.7 Å². The number of likely N-dealkylation sites (tertiary alicyclic amines) is 1. The van der Waals surface area contributed by atoms with Crippen LogP contribution in [-0.2, 0) is 9.47 Å². The van der Waals surface area contributed by atoms with Gasteiger partial charge in [0.2, 0.25) is 0 Å². The number of hydrogen-bond acceptors (Lipinski definition) is 5. The average molecular weight is 500 g/mol. The Balaban J connectivity index is 1.19. The first-order chi connectivity index (χ1) is 17.3. The highest BCUT2D eigenvalue weighted by Crippen LogP contribution is 2.63. The maximum absolute atomic E-state index is 10.3. The molecule has 0 aromatic heterocycles. The van der Waals surface area contributed by atoms with E-state index < -0.39 is 0 Å². The molecule has 9 atom stereocenters.